The molecule has 0 heterocycles. The van der Waals surface area contributed by atoms with Crippen LogP contribution in [0.25, 0.3) is 0 Å². The SMILES string of the molecule is CCCCCCCC/C=C\CCCCCCCC(=O)OC(C)C(=O)[O-].CCCCCCCC/C=C\CCCCCCCC(=O)OC(C)C(=O)[O-].[Ba+2]. The Balaban J connectivity index is -0.000000886. The van der Waals surface area contributed by atoms with E-state index < -0.39 is 36.1 Å². The molecule has 0 bridgehead atoms. The largest absolute Gasteiger partial charge is 2.00 e. The van der Waals surface area contributed by atoms with Gasteiger partial charge in [0.2, 0.25) is 0 Å². The van der Waals surface area contributed by atoms with Crippen LogP contribution in [0.2, 0.25) is 0 Å². The molecule has 0 amide bonds. The Morgan fingerprint density at radius 3 is 0.922 bits per heavy atom. The van der Waals surface area contributed by atoms with Gasteiger partial charge in [-0.25, -0.2) is 0 Å². The maximum atomic E-state index is 11.4. The number of esters is 2. The van der Waals surface area contributed by atoms with E-state index in [2.05, 4.69) is 38.2 Å². The molecule has 0 aliphatic heterocycles. The number of aliphatic carboxylic acids is 2. The smallest absolute Gasteiger partial charge is 0.546 e. The number of rotatable bonds is 34. The van der Waals surface area contributed by atoms with E-state index >= 15 is 0 Å². The third kappa shape index (κ3) is 45.0. The summed E-state index contributed by atoms with van der Waals surface area (Å²) < 4.78 is 9.44. The minimum atomic E-state index is -1.35. The van der Waals surface area contributed by atoms with Crippen LogP contribution in [0.15, 0.2) is 24.3 Å². The van der Waals surface area contributed by atoms with Gasteiger partial charge in [-0.05, 0) is 78.1 Å². The van der Waals surface area contributed by atoms with Crippen molar-refractivity contribution < 1.29 is 38.9 Å². The van der Waals surface area contributed by atoms with Gasteiger partial charge >= 0.3 is 60.8 Å². The van der Waals surface area contributed by atoms with Gasteiger partial charge in [-0.3, -0.25) is 9.59 Å². The molecule has 0 aliphatic carbocycles. The molecular weight excluding hydrogens is 770 g/mol. The van der Waals surface area contributed by atoms with Crippen LogP contribution in [0, 0.1) is 0 Å². The van der Waals surface area contributed by atoms with Crippen LogP contribution in [0.1, 0.15) is 207 Å². The molecule has 2 unspecified atom stereocenters. The molecule has 0 radical (unpaired) electrons. The Labute approximate surface area is 352 Å². The number of unbranched alkanes of at least 4 members (excludes halogenated alkanes) is 22. The Hall–Kier alpha value is -1.07. The van der Waals surface area contributed by atoms with E-state index in [1.807, 2.05) is 0 Å². The number of carbonyl (C=O) groups excluding carboxylic acids is 4. The summed E-state index contributed by atoms with van der Waals surface area (Å²) in [4.78, 5) is 43.6. The van der Waals surface area contributed by atoms with Crippen LogP contribution >= 0.6 is 0 Å². The van der Waals surface area contributed by atoms with E-state index in [0.717, 1.165) is 51.4 Å². The number of allylic oxidation sites excluding steroid dienone is 4. The van der Waals surface area contributed by atoms with Crippen molar-refractivity contribution in [1.29, 1.82) is 0 Å². The minimum absolute atomic E-state index is 0. The van der Waals surface area contributed by atoms with Gasteiger partial charge in [0.05, 0.1) is 11.9 Å². The fourth-order valence-electron chi connectivity index (χ4n) is 5.29. The zero-order valence-electron chi connectivity index (χ0n) is 33.2. The predicted molar refractivity (Wildman–Crippen MR) is 206 cm³/mol. The topological polar surface area (TPSA) is 133 Å². The number of ether oxygens (including phenoxy) is 2. The Kier molecular flexibility index (Phi) is 46.1. The summed E-state index contributed by atoms with van der Waals surface area (Å²) in [5.41, 5.74) is 0. The normalized spacial score (nSPS) is 12.2. The van der Waals surface area contributed by atoms with Gasteiger partial charge in [0.25, 0.3) is 0 Å². The van der Waals surface area contributed by atoms with Crippen molar-refractivity contribution in [2.75, 3.05) is 0 Å². The predicted octanol–water partition coefficient (Wildman–Crippen LogP) is 9.03. The molecule has 51 heavy (non-hydrogen) atoms. The van der Waals surface area contributed by atoms with Crippen LogP contribution in [0.4, 0.5) is 0 Å². The third-order valence-electron chi connectivity index (χ3n) is 8.57. The molecule has 2 atom stereocenters. The number of hydrogen-bond acceptors (Lipinski definition) is 8. The maximum Gasteiger partial charge on any atom is 2.00 e. The van der Waals surface area contributed by atoms with Crippen molar-refractivity contribution in [2.24, 2.45) is 0 Å². The molecule has 9 heteroatoms. The minimum Gasteiger partial charge on any atom is -0.546 e. The average molecular weight is 844 g/mol. The summed E-state index contributed by atoms with van der Waals surface area (Å²) in [7, 11) is 0. The van der Waals surface area contributed by atoms with E-state index in [1.165, 1.54) is 129 Å². The molecule has 0 aromatic rings. The van der Waals surface area contributed by atoms with Gasteiger partial charge in [0.15, 0.2) is 0 Å². The van der Waals surface area contributed by atoms with Crippen LogP contribution in [0.3, 0.4) is 0 Å². The summed E-state index contributed by atoms with van der Waals surface area (Å²) in [6, 6.07) is 0. The first-order chi connectivity index (χ1) is 24.1. The summed E-state index contributed by atoms with van der Waals surface area (Å²) in [5, 5.41) is 20.9. The van der Waals surface area contributed by atoms with Gasteiger partial charge in [-0.1, -0.05) is 141 Å². The molecular formula is C42H74BaO8. The number of carboxylic acid groups (broad SMARTS) is 2. The average Bonchev–Trinajstić information content (AvgIpc) is 3.08. The van der Waals surface area contributed by atoms with Gasteiger partial charge in [-0.15, -0.1) is 0 Å². The standard InChI is InChI=1S/2C21H38O4.Ba/c2*1-3-4-5-6-7-8-9-10-11-12-13-14-15-16-17-18-20(22)25-19(2)21(23)24;/h2*10-11,19H,3-9,12-18H2,1-2H3,(H,23,24);/q;;+2/p-2/b2*11-10-;. The van der Waals surface area contributed by atoms with E-state index in [1.54, 1.807) is 0 Å². The summed E-state index contributed by atoms with van der Waals surface area (Å²) in [5.74, 6) is -3.60. The second-order valence-corrected chi connectivity index (χ2v) is 13.6. The van der Waals surface area contributed by atoms with Crippen molar-refractivity contribution in [3.8, 4) is 0 Å². The molecule has 0 rings (SSSR count). The van der Waals surface area contributed by atoms with Crippen molar-refractivity contribution in [1.82, 2.24) is 0 Å². The van der Waals surface area contributed by atoms with Crippen molar-refractivity contribution >= 4 is 72.8 Å². The fraction of sp³-hybridized carbons (Fsp3) is 0.810. The van der Waals surface area contributed by atoms with E-state index in [4.69, 9.17) is 9.47 Å². The molecule has 0 fully saturated rings. The Morgan fingerprint density at radius 2 is 0.667 bits per heavy atom. The zero-order valence-corrected chi connectivity index (χ0v) is 37.7. The quantitative estimate of drug-likeness (QED) is 0.0271. The van der Waals surface area contributed by atoms with Crippen molar-refractivity contribution in [3.63, 3.8) is 0 Å². The monoisotopic (exact) mass is 844 g/mol. The molecule has 0 N–H and O–H groups in total. The Morgan fingerprint density at radius 1 is 0.431 bits per heavy atom. The molecule has 0 aromatic carbocycles. The van der Waals surface area contributed by atoms with Crippen LogP contribution in [-0.4, -0.2) is 85.0 Å². The van der Waals surface area contributed by atoms with Gasteiger partial charge in [0, 0.05) is 12.8 Å². The molecule has 0 saturated carbocycles. The third-order valence-corrected chi connectivity index (χ3v) is 8.57. The first-order valence-corrected chi connectivity index (χ1v) is 20.3. The molecule has 292 valence electrons. The van der Waals surface area contributed by atoms with Crippen molar-refractivity contribution in [2.45, 2.75) is 220 Å². The molecule has 0 saturated heterocycles. The number of carboxylic acids is 2. The first kappa shape index (κ1) is 54.3. The molecule has 8 nitrogen and oxygen atoms in total. The van der Waals surface area contributed by atoms with Gasteiger partial charge in [0.1, 0.15) is 12.2 Å². The first-order valence-electron chi connectivity index (χ1n) is 20.3. The zero-order chi connectivity index (χ0) is 37.5. The molecule has 0 aliphatic rings. The van der Waals surface area contributed by atoms with Crippen LogP contribution in [0.5, 0.6) is 0 Å². The summed E-state index contributed by atoms with van der Waals surface area (Å²) in [6.45, 7) is 7.12. The number of carbonyl (C=O) groups is 4. The van der Waals surface area contributed by atoms with E-state index in [-0.39, 0.29) is 61.7 Å². The molecule has 0 aromatic heterocycles. The van der Waals surface area contributed by atoms with Crippen molar-refractivity contribution in [3.05, 3.63) is 24.3 Å². The summed E-state index contributed by atoms with van der Waals surface area (Å²) in [6.07, 6.45) is 38.8. The Bertz CT molecular complexity index is 803. The van der Waals surface area contributed by atoms with Gasteiger partial charge < -0.3 is 29.3 Å². The van der Waals surface area contributed by atoms with Gasteiger partial charge in [-0.2, -0.15) is 0 Å². The summed E-state index contributed by atoms with van der Waals surface area (Å²) >= 11 is 0. The maximum absolute atomic E-state index is 11.4. The number of hydrogen-bond donors (Lipinski definition) is 0. The second kappa shape index (κ2) is 43.3. The second-order valence-electron chi connectivity index (χ2n) is 13.6. The van der Waals surface area contributed by atoms with E-state index in [9.17, 15) is 29.4 Å². The molecule has 0 spiro atoms. The van der Waals surface area contributed by atoms with Crippen LogP contribution < -0.4 is 10.2 Å². The van der Waals surface area contributed by atoms with E-state index in [0.29, 0.717) is 0 Å². The fourth-order valence-corrected chi connectivity index (χ4v) is 5.29. The van der Waals surface area contributed by atoms with Crippen LogP contribution in [-0.2, 0) is 28.7 Å².